The molecule has 0 saturated carbocycles. The third-order valence-corrected chi connectivity index (χ3v) is 4.02. The van der Waals surface area contributed by atoms with E-state index in [1.165, 1.54) is 0 Å². The molecule has 2 heterocycles. The van der Waals surface area contributed by atoms with E-state index in [9.17, 15) is 4.79 Å². The molecule has 0 radical (unpaired) electrons. The summed E-state index contributed by atoms with van der Waals surface area (Å²) in [5.41, 5.74) is 6.26. The van der Waals surface area contributed by atoms with Crippen LogP contribution in [-0.4, -0.2) is 44.7 Å². The van der Waals surface area contributed by atoms with Gasteiger partial charge in [-0.25, -0.2) is 9.67 Å². The van der Waals surface area contributed by atoms with Gasteiger partial charge in [0, 0.05) is 19.1 Å². The molecule has 132 valence electrons. The van der Waals surface area contributed by atoms with Gasteiger partial charge in [-0.2, -0.15) is 0 Å². The van der Waals surface area contributed by atoms with Crippen molar-refractivity contribution in [2.24, 2.45) is 17.1 Å². The fourth-order valence-electron chi connectivity index (χ4n) is 2.89. The monoisotopic (exact) mass is 343 g/mol. The lowest BCUT2D eigenvalue weighted by molar-refractivity contribution is 0.0769. The Morgan fingerprint density at radius 2 is 1.87 bits per heavy atom. The van der Waals surface area contributed by atoms with Gasteiger partial charge in [0.1, 0.15) is 6.33 Å². The molecule has 1 saturated heterocycles. The van der Waals surface area contributed by atoms with E-state index in [1.807, 2.05) is 20.8 Å². The summed E-state index contributed by atoms with van der Waals surface area (Å²) in [5.74, 6) is 0.488. The van der Waals surface area contributed by atoms with Crippen LogP contribution in [0.25, 0.3) is 0 Å². The SMILES string of the molecule is CC(C)(C)C[C@@H]1CN(C(=O)c2ncn(C(C)(C)C)n2)C[C@H]1N.Cl. The zero-order valence-electron chi connectivity index (χ0n) is 15.0. The first-order chi connectivity index (χ1) is 9.97. The first kappa shape index (κ1) is 19.9. The molecule has 2 rings (SSSR count). The zero-order chi connectivity index (χ0) is 16.7. The maximum Gasteiger partial charge on any atom is 0.293 e. The lowest BCUT2D eigenvalue weighted by atomic mass is 9.83. The summed E-state index contributed by atoms with van der Waals surface area (Å²) in [5, 5.41) is 4.32. The Morgan fingerprint density at radius 3 is 2.35 bits per heavy atom. The van der Waals surface area contributed by atoms with Crippen molar-refractivity contribution in [2.45, 2.75) is 59.5 Å². The molecule has 7 heteroatoms. The normalized spacial score (nSPS) is 22.1. The molecule has 1 aliphatic heterocycles. The number of likely N-dealkylation sites (tertiary alicyclic amines) is 1. The molecule has 1 amide bonds. The molecule has 0 spiro atoms. The molecule has 0 aliphatic carbocycles. The van der Waals surface area contributed by atoms with Crippen LogP contribution < -0.4 is 5.73 Å². The van der Waals surface area contributed by atoms with Gasteiger partial charge >= 0.3 is 0 Å². The number of amides is 1. The summed E-state index contributed by atoms with van der Waals surface area (Å²) in [4.78, 5) is 18.5. The van der Waals surface area contributed by atoms with Crippen molar-refractivity contribution in [3.8, 4) is 0 Å². The molecule has 1 aromatic heterocycles. The van der Waals surface area contributed by atoms with Gasteiger partial charge in [0.2, 0.25) is 5.82 Å². The van der Waals surface area contributed by atoms with Crippen molar-refractivity contribution < 1.29 is 4.79 Å². The van der Waals surface area contributed by atoms with E-state index in [4.69, 9.17) is 5.73 Å². The molecular formula is C16H30ClN5O. The van der Waals surface area contributed by atoms with Gasteiger partial charge < -0.3 is 10.6 Å². The van der Waals surface area contributed by atoms with E-state index in [1.54, 1.807) is 15.9 Å². The molecule has 1 aliphatic rings. The van der Waals surface area contributed by atoms with Gasteiger partial charge in [-0.1, -0.05) is 20.8 Å². The van der Waals surface area contributed by atoms with E-state index in [2.05, 4.69) is 30.9 Å². The molecule has 0 bridgehead atoms. The van der Waals surface area contributed by atoms with Crippen molar-refractivity contribution >= 4 is 18.3 Å². The second-order valence-corrected chi connectivity index (χ2v) is 8.58. The Bertz CT molecular complexity index is 543. The first-order valence-electron chi connectivity index (χ1n) is 7.94. The van der Waals surface area contributed by atoms with Crippen molar-refractivity contribution in [3.63, 3.8) is 0 Å². The molecule has 6 nitrogen and oxygen atoms in total. The largest absolute Gasteiger partial charge is 0.334 e. The van der Waals surface area contributed by atoms with Crippen LogP contribution in [-0.2, 0) is 5.54 Å². The predicted octanol–water partition coefficient (Wildman–Crippen LogP) is 2.29. The molecule has 0 aromatic carbocycles. The third kappa shape index (κ3) is 4.91. The van der Waals surface area contributed by atoms with Crippen LogP contribution in [0.1, 0.15) is 58.6 Å². The summed E-state index contributed by atoms with van der Waals surface area (Å²) in [7, 11) is 0. The van der Waals surface area contributed by atoms with Gasteiger partial charge in [0.05, 0.1) is 5.54 Å². The van der Waals surface area contributed by atoms with E-state index in [0.717, 1.165) is 6.42 Å². The summed E-state index contributed by atoms with van der Waals surface area (Å²) in [6.07, 6.45) is 2.64. The molecule has 0 unspecified atom stereocenters. The Hall–Kier alpha value is -1.14. The number of rotatable bonds is 2. The average molecular weight is 344 g/mol. The number of carbonyl (C=O) groups excluding carboxylic acids is 1. The molecule has 1 aromatic rings. The van der Waals surface area contributed by atoms with E-state index < -0.39 is 0 Å². The Morgan fingerprint density at radius 1 is 1.26 bits per heavy atom. The first-order valence-corrected chi connectivity index (χ1v) is 7.94. The molecule has 2 N–H and O–H groups in total. The minimum absolute atomic E-state index is 0. The van der Waals surface area contributed by atoms with Crippen LogP contribution in [0.5, 0.6) is 0 Å². The van der Waals surface area contributed by atoms with Crippen LogP contribution in [0.3, 0.4) is 0 Å². The fourth-order valence-corrected chi connectivity index (χ4v) is 2.89. The van der Waals surface area contributed by atoms with Crippen LogP contribution >= 0.6 is 12.4 Å². The average Bonchev–Trinajstić information content (AvgIpc) is 2.94. The van der Waals surface area contributed by atoms with Crippen LogP contribution in [0.15, 0.2) is 6.33 Å². The van der Waals surface area contributed by atoms with Crippen molar-refractivity contribution in [1.82, 2.24) is 19.7 Å². The number of nitrogens with zero attached hydrogens (tertiary/aromatic N) is 4. The standard InChI is InChI=1S/C16H29N5O.ClH/c1-15(2,3)7-11-8-20(9-12(11)17)14(22)13-18-10-21(19-13)16(4,5)6;/h10-12H,7-9,17H2,1-6H3;1H/t11-,12-;/m1./s1. The lowest BCUT2D eigenvalue weighted by Gasteiger charge is -2.24. The highest BCUT2D eigenvalue weighted by molar-refractivity contribution is 5.90. The lowest BCUT2D eigenvalue weighted by Crippen LogP contribution is -2.33. The predicted molar refractivity (Wildman–Crippen MR) is 93.7 cm³/mol. The number of hydrogen-bond acceptors (Lipinski definition) is 4. The summed E-state index contributed by atoms with van der Waals surface area (Å²) in [6, 6.07) is 0.0351. The van der Waals surface area contributed by atoms with Crippen LogP contribution in [0.4, 0.5) is 0 Å². The molecule has 1 fully saturated rings. The third-order valence-electron chi connectivity index (χ3n) is 4.02. The van der Waals surface area contributed by atoms with Gasteiger partial charge in [-0.05, 0) is 38.5 Å². The Labute approximate surface area is 145 Å². The second kappa shape index (κ2) is 6.77. The highest BCUT2D eigenvalue weighted by Gasteiger charge is 2.36. The van der Waals surface area contributed by atoms with E-state index in [-0.39, 0.29) is 41.1 Å². The highest BCUT2D eigenvalue weighted by atomic mass is 35.5. The van der Waals surface area contributed by atoms with Crippen molar-refractivity contribution in [3.05, 3.63) is 12.2 Å². The minimum Gasteiger partial charge on any atom is -0.334 e. The Balaban J connectivity index is 0.00000264. The summed E-state index contributed by atoms with van der Waals surface area (Å²) in [6.45, 7) is 14.0. The van der Waals surface area contributed by atoms with Crippen molar-refractivity contribution in [1.29, 1.82) is 0 Å². The summed E-state index contributed by atoms with van der Waals surface area (Å²) >= 11 is 0. The Kier molecular flexibility index (Phi) is 5.86. The highest BCUT2D eigenvalue weighted by Crippen LogP contribution is 2.30. The topological polar surface area (TPSA) is 77.0 Å². The fraction of sp³-hybridized carbons (Fsp3) is 0.812. The summed E-state index contributed by atoms with van der Waals surface area (Å²) < 4.78 is 1.73. The van der Waals surface area contributed by atoms with Crippen LogP contribution in [0.2, 0.25) is 0 Å². The molecule has 2 atom stereocenters. The minimum atomic E-state index is -0.179. The maximum atomic E-state index is 12.6. The second-order valence-electron chi connectivity index (χ2n) is 8.58. The van der Waals surface area contributed by atoms with Gasteiger partial charge in [-0.3, -0.25) is 4.79 Å². The van der Waals surface area contributed by atoms with Crippen molar-refractivity contribution in [2.75, 3.05) is 13.1 Å². The number of halogens is 1. The number of nitrogens with two attached hydrogens (primary N) is 1. The van der Waals surface area contributed by atoms with E-state index >= 15 is 0 Å². The quantitative estimate of drug-likeness (QED) is 0.893. The van der Waals surface area contributed by atoms with E-state index in [0.29, 0.717) is 19.0 Å². The number of hydrogen-bond donors (Lipinski definition) is 1. The smallest absolute Gasteiger partial charge is 0.293 e. The van der Waals surface area contributed by atoms with Gasteiger partial charge in [-0.15, -0.1) is 17.5 Å². The molecule has 23 heavy (non-hydrogen) atoms. The van der Waals surface area contributed by atoms with Gasteiger partial charge in [0.25, 0.3) is 5.91 Å². The zero-order valence-corrected chi connectivity index (χ0v) is 15.9. The maximum absolute atomic E-state index is 12.6. The number of aromatic nitrogens is 3. The molecular weight excluding hydrogens is 314 g/mol. The van der Waals surface area contributed by atoms with Crippen LogP contribution in [0, 0.1) is 11.3 Å². The van der Waals surface area contributed by atoms with Gasteiger partial charge in [0.15, 0.2) is 0 Å². The number of carbonyl (C=O) groups is 1.